The molecule has 2 nitrogen and oxygen atoms in total. The van der Waals surface area contributed by atoms with Crippen LogP contribution in [0.5, 0.6) is 0 Å². The van der Waals surface area contributed by atoms with E-state index in [0.29, 0.717) is 0 Å². The van der Waals surface area contributed by atoms with E-state index in [0.717, 1.165) is 17.1 Å². The number of benzene rings is 7. The first-order valence-electron chi connectivity index (χ1n) is 17.0. The van der Waals surface area contributed by atoms with Crippen molar-refractivity contribution in [3.63, 3.8) is 0 Å². The highest BCUT2D eigenvalue weighted by Gasteiger charge is 2.45. The van der Waals surface area contributed by atoms with Crippen molar-refractivity contribution in [2.24, 2.45) is 0 Å². The summed E-state index contributed by atoms with van der Waals surface area (Å²) in [7, 11) is 0. The Morgan fingerprint density at radius 3 is 1.79 bits per heavy atom. The molecule has 7 aromatic carbocycles. The average Bonchev–Trinajstić information content (AvgIpc) is 3.12. The molecule has 0 N–H and O–H groups in total. The van der Waals surface area contributed by atoms with Crippen molar-refractivity contribution in [3.05, 3.63) is 180 Å². The van der Waals surface area contributed by atoms with Crippen LogP contribution in [0, 0.1) is 0 Å². The van der Waals surface area contributed by atoms with Gasteiger partial charge in [0.25, 0.3) is 0 Å². The van der Waals surface area contributed by atoms with Gasteiger partial charge in [0.1, 0.15) is 0 Å². The van der Waals surface area contributed by atoms with Crippen LogP contribution in [0.2, 0.25) is 0 Å². The van der Waals surface area contributed by atoms with Crippen LogP contribution in [0.15, 0.2) is 158 Å². The lowest BCUT2D eigenvalue weighted by Gasteiger charge is -2.49. The number of hydrogen-bond acceptors (Lipinski definition) is 2. The van der Waals surface area contributed by atoms with Crippen molar-refractivity contribution in [3.8, 4) is 11.1 Å². The largest absolute Gasteiger partial charge is 0.310 e. The molecule has 2 heteroatoms. The molecule has 0 atom stereocenters. The summed E-state index contributed by atoms with van der Waals surface area (Å²) >= 11 is 0. The Morgan fingerprint density at radius 1 is 0.438 bits per heavy atom. The lowest BCUT2D eigenvalue weighted by molar-refractivity contribution is 0.597. The van der Waals surface area contributed by atoms with Crippen LogP contribution in [-0.2, 0) is 10.8 Å². The second kappa shape index (κ2) is 10.5. The van der Waals surface area contributed by atoms with Crippen molar-refractivity contribution >= 4 is 44.9 Å². The molecule has 2 heterocycles. The summed E-state index contributed by atoms with van der Waals surface area (Å²) in [4.78, 5) is 4.92. The fourth-order valence-electron chi connectivity index (χ4n) is 8.30. The molecule has 0 fully saturated rings. The molecule has 0 saturated heterocycles. The minimum absolute atomic E-state index is 0.0890. The first kappa shape index (κ1) is 28.6. The normalized spacial score (nSPS) is 15.0. The summed E-state index contributed by atoms with van der Waals surface area (Å²) in [5.41, 5.74) is 14.9. The summed E-state index contributed by atoms with van der Waals surface area (Å²) in [6.45, 7) is 9.52. The first-order valence-corrected chi connectivity index (χ1v) is 17.0. The molecule has 0 spiro atoms. The fraction of sp³-hybridized carbons (Fsp3) is 0.130. The van der Waals surface area contributed by atoms with E-state index in [1.165, 1.54) is 61.2 Å². The Labute approximate surface area is 283 Å². The Hall–Kier alpha value is -5.60. The van der Waals surface area contributed by atoms with Crippen LogP contribution >= 0.6 is 0 Å². The van der Waals surface area contributed by atoms with E-state index < -0.39 is 0 Å². The van der Waals surface area contributed by atoms with Gasteiger partial charge in [0, 0.05) is 27.9 Å². The molecular formula is C46H38N2. The molecule has 0 aliphatic carbocycles. The maximum Gasteiger partial charge on any atom is 0.0543 e. The standard InChI is InChI=1S/C46H38N2/c1-45(2)38-20-10-11-23-42(38)48-43-29-28-35(30-41(43)46(3,4)40-22-13-21-39(45)44(40)48)47(33-16-6-5-7-17-33)34-26-24-32(25-27-34)37-19-12-15-31-14-8-9-18-36(31)37/h5-30H,1-4H3. The number of para-hydroxylation sites is 3. The lowest BCUT2D eigenvalue weighted by Crippen LogP contribution is -2.38. The zero-order valence-electron chi connectivity index (χ0n) is 27.9. The zero-order chi connectivity index (χ0) is 32.6. The van der Waals surface area contributed by atoms with Crippen LogP contribution in [0.1, 0.15) is 49.9 Å². The van der Waals surface area contributed by atoms with Crippen LogP contribution in [-0.4, -0.2) is 0 Å². The molecule has 9 rings (SSSR count). The van der Waals surface area contributed by atoms with Crippen molar-refractivity contribution < 1.29 is 0 Å². The van der Waals surface area contributed by atoms with E-state index in [1.54, 1.807) is 0 Å². The molecule has 0 bridgehead atoms. The molecule has 0 unspecified atom stereocenters. The highest BCUT2D eigenvalue weighted by atomic mass is 15.2. The molecule has 2 aliphatic rings. The third kappa shape index (κ3) is 4.12. The molecular weight excluding hydrogens is 581 g/mol. The van der Waals surface area contributed by atoms with Gasteiger partial charge in [-0.3, -0.25) is 0 Å². The van der Waals surface area contributed by atoms with Crippen LogP contribution in [0.4, 0.5) is 34.1 Å². The third-order valence-electron chi connectivity index (χ3n) is 10.8. The zero-order valence-corrected chi connectivity index (χ0v) is 27.9. The van der Waals surface area contributed by atoms with Crippen molar-refractivity contribution in [2.45, 2.75) is 38.5 Å². The first-order chi connectivity index (χ1) is 23.3. The lowest BCUT2D eigenvalue weighted by atomic mass is 9.66. The van der Waals surface area contributed by atoms with Gasteiger partial charge in [0.15, 0.2) is 0 Å². The van der Waals surface area contributed by atoms with Gasteiger partial charge in [-0.2, -0.15) is 0 Å². The molecule has 232 valence electrons. The molecule has 2 aliphatic heterocycles. The summed E-state index contributed by atoms with van der Waals surface area (Å²) in [6.07, 6.45) is 0. The number of nitrogens with zero attached hydrogens (tertiary/aromatic N) is 2. The van der Waals surface area contributed by atoms with Crippen LogP contribution in [0.25, 0.3) is 21.9 Å². The number of fused-ring (bicyclic) bond motifs is 5. The van der Waals surface area contributed by atoms with Gasteiger partial charge in [-0.1, -0.05) is 137 Å². The van der Waals surface area contributed by atoms with Crippen molar-refractivity contribution in [2.75, 3.05) is 9.80 Å². The van der Waals surface area contributed by atoms with E-state index in [2.05, 4.69) is 195 Å². The number of rotatable bonds is 4. The van der Waals surface area contributed by atoms with E-state index in [-0.39, 0.29) is 10.8 Å². The highest BCUT2D eigenvalue weighted by molar-refractivity contribution is 5.97. The number of hydrogen-bond donors (Lipinski definition) is 0. The summed E-state index contributed by atoms with van der Waals surface area (Å²) in [5.74, 6) is 0. The van der Waals surface area contributed by atoms with Gasteiger partial charge in [-0.25, -0.2) is 0 Å². The minimum Gasteiger partial charge on any atom is -0.310 e. The van der Waals surface area contributed by atoms with E-state index >= 15 is 0 Å². The van der Waals surface area contributed by atoms with E-state index in [1.807, 2.05) is 0 Å². The van der Waals surface area contributed by atoms with Gasteiger partial charge >= 0.3 is 0 Å². The van der Waals surface area contributed by atoms with Crippen LogP contribution in [0.3, 0.4) is 0 Å². The van der Waals surface area contributed by atoms with E-state index in [4.69, 9.17) is 0 Å². The van der Waals surface area contributed by atoms with Crippen LogP contribution < -0.4 is 9.80 Å². The number of anilines is 6. The second-order valence-electron chi connectivity index (χ2n) is 14.3. The Bertz CT molecular complexity index is 2340. The van der Waals surface area contributed by atoms with Gasteiger partial charge in [0.05, 0.1) is 17.1 Å². The molecule has 0 amide bonds. The van der Waals surface area contributed by atoms with Gasteiger partial charge in [-0.05, 0) is 92.7 Å². The van der Waals surface area contributed by atoms with Gasteiger partial charge < -0.3 is 9.80 Å². The topological polar surface area (TPSA) is 6.48 Å². The van der Waals surface area contributed by atoms with Crippen molar-refractivity contribution in [1.82, 2.24) is 0 Å². The Morgan fingerprint density at radius 2 is 1.00 bits per heavy atom. The highest BCUT2D eigenvalue weighted by Crippen LogP contribution is 2.60. The molecule has 7 aromatic rings. The maximum atomic E-state index is 2.53. The Kier molecular flexibility index (Phi) is 6.23. The van der Waals surface area contributed by atoms with E-state index in [9.17, 15) is 0 Å². The minimum atomic E-state index is -0.198. The molecule has 0 radical (unpaired) electrons. The molecule has 0 saturated carbocycles. The maximum absolute atomic E-state index is 2.53. The summed E-state index contributed by atoms with van der Waals surface area (Å²) in [6, 6.07) is 57.9. The average molecular weight is 619 g/mol. The smallest absolute Gasteiger partial charge is 0.0543 e. The second-order valence-corrected chi connectivity index (χ2v) is 14.3. The van der Waals surface area contributed by atoms with Gasteiger partial charge in [0.2, 0.25) is 0 Å². The third-order valence-corrected chi connectivity index (χ3v) is 10.8. The van der Waals surface area contributed by atoms with Gasteiger partial charge in [-0.15, -0.1) is 0 Å². The Balaban J connectivity index is 1.21. The summed E-state index contributed by atoms with van der Waals surface area (Å²) < 4.78 is 0. The predicted octanol–water partition coefficient (Wildman–Crippen LogP) is 12.7. The fourth-order valence-corrected chi connectivity index (χ4v) is 8.30. The SMILES string of the molecule is CC1(C)c2ccccc2N2c3ccc(N(c4ccccc4)c4ccc(-c5cccc6ccccc56)cc4)cc3C(C)(C)c3cccc1c32. The molecule has 48 heavy (non-hydrogen) atoms. The predicted molar refractivity (Wildman–Crippen MR) is 203 cm³/mol. The monoisotopic (exact) mass is 618 g/mol. The van der Waals surface area contributed by atoms with Crippen molar-refractivity contribution in [1.29, 1.82) is 0 Å². The molecule has 0 aromatic heterocycles. The quantitative estimate of drug-likeness (QED) is 0.194. The summed E-state index contributed by atoms with van der Waals surface area (Å²) in [5, 5.41) is 2.53.